The van der Waals surface area contributed by atoms with Gasteiger partial charge < -0.3 is 15.5 Å². The fourth-order valence-electron chi connectivity index (χ4n) is 3.47. The number of rotatable bonds is 10. The molecule has 0 fully saturated rings. The molecule has 1 amide bonds. The highest BCUT2D eigenvalue weighted by molar-refractivity contribution is 5.94. The lowest BCUT2D eigenvalue weighted by Gasteiger charge is -2.28. The number of carbonyl (C=O) groups is 1. The van der Waals surface area contributed by atoms with Crippen molar-refractivity contribution in [3.63, 3.8) is 0 Å². The molecule has 1 aromatic carbocycles. The summed E-state index contributed by atoms with van der Waals surface area (Å²) in [5.74, 6) is 1.60. The van der Waals surface area contributed by atoms with Crippen molar-refractivity contribution in [2.45, 2.75) is 34.2 Å². The van der Waals surface area contributed by atoms with Crippen LogP contribution in [0.15, 0.2) is 42.7 Å². The van der Waals surface area contributed by atoms with Crippen LogP contribution in [-0.4, -0.2) is 52.9 Å². The highest BCUT2D eigenvalue weighted by Crippen LogP contribution is 2.25. The van der Waals surface area contributed by atoms with E-state index in [2.05, 4.69) is 51.9 Å². The van der Waals surface area contributed by atoms with Crippen LogP contribution in [0.4, 0.5) is 23.3 Å². The zero-order chi connectivity index (χ0) is 24.7. The third kappa shape index (κ3) is 7.17. The summed E-state index contributed by atoms with van der Waals surface area (Å²) in [6, 6.07) is 9.20. The number of hydroxylamine groups is 1. The van der Waals surface area contributed by atoms with Crippen molar-refractivity contribution < 1.29 is 9.63 Å². The summed E-state index contributed by atoms with van der Waals surface area (Å²) in [6.45, 7) is 10.7. The molecule has 2 aromatic heterocycles. The summed E-state index contributed by atoms with van der Waals surface area (Å²) in [6.07, 6.45) is 3.68. The fraction of sp³-hybridized carbons (Fsp3) is 0.417. The van der Waals surface area contributed by atoms with E-state index in [0.717, 1.165) is 23.6 Å². The SMILES string of the molecule is CONC(=O)c1ccc(C)c(Nc2nc(NCCn3cccn3)cc(N(C)CC(C)(C)C)n2)c1. The molecule has 10 nitrogen and oxygen atoms in total. The van der Waals surface area contributed by atoms with E-state index >= 15 is 0 Å². The van der Waals surface area contributed by atoms with Gasteiger partial charge in [0.2, 0.25) is 5.95 Å². The van der Waals surface area contributed by atoms with Crippen LogP contribution in [0, 0.1) is 12.3 Å². The molecule has 0 bridgehead atoms. The Balaban J connectivity index is 1.86. The predicted octanol–water partition coefficient (Wildman–Crippen LogP) is 3.61. The molecule has 0 saturated heterocycles. The average molecular weight is 467 g/mol. The number of carbonyl (C=O) groups excluding carboxylic acids is 1. The Bertz CT molecular complexity index is 1090. The maximum atomic E-state index is 12.2. The Morgan fingerprint density at radius 3 is 2.68 bits per heavy atom. The number of amides is 1. The molecule has 34 heavy (non-hydrogen) atoms. The monoisotopic (exact) mass is 466 g/mol. The van der Waals surface area contributed by atoms with Crippen molar-refractivity contribution in [1.29, 1.82) is 0 Å². The van der Waals surface area contributed by atoms with Gasteiger partial charge in [0.15, 0.2) is 0 Å². The summed E-state index contributed by atoms with van der Waals surface area (Å²) in [7, 11) is 3.42. The Kier molecular flexibility index (Phi) is 8.06. The number of nitrogens with zero attached hydrogens (tertiary/aromatic N) is 5. The highest BCUT2D eigenvalue weighted by atomic mass is 16.6. The molecule has 3 rings (SSSR count). The lowest BCUT2D eigenvalue weighted by atomic mass is 9.96. The smallest absolute Gasteiger partial charge is 0.274 e. The number of anilines is 4. The normalized spacial score (nSPS) is 11.2. The van der Waals surface area contributed by atoms with Crippen LogP contribution in [0.25, 0.3) is 0 Å². The predicted molar refractivity (Wildman–Crippen MR) is 134 cm³/mol. The topological polar surface area (TPSA) is 109 Å². The summed E-state index contributed by atoms with van der Waals surface area (Å²) in [4.78, 5) is 28.5. The first-order chi connectivity index (χ1) is 16.1. The van der Waals surface area contributed by atoms with Gasteiger partial charge in [0, 0.05) is 49.8 Å². The van der Waals surface area contributed by atoms with Crippen LogP contribution in [-0.2, 0) is 11.4 Å². The molecule has 0 atom stereocenters. The van der Waals surface area contributed by atoms with E-state index in [1.165, 1.54) is 7.11 Å². The van der Waals surface area contributed by atoms with Crippen molar-refractivity contribution in [2.24, 2.45) is 5.41 Å². The van der Waals surface area contributed by atoms with Crippen molar-refractivity contribution in [2.75, 3.05) is 42.8 Å². The minimum atomic E-state index is -0.328. The Hall–Kier alpha value is -3.66. The molecule has 0 saturated carbocycles. The van der Waals surface area contributed by atoms with Gasteiger partial charge in [-0.1, -0.05) is 26.8 Å². The Morgan fingerprint density at radius 2 is 2.00 bits per heavy atom. The van der Waals surface area contributed by atoms with Crippen molar-refractivity contribution in [3.8, 4) is 0 Å². The van der Waals surface area contributed by atoms with Crippen LogP contribution in [0.2, 0.25) is 0 Å². The molecular formula is C24H34N8O2. The van der Waals surface area contributed by atoms with E-state index in [1.54, 1.807) is 18.3 Å². The first kappa shape index (κ1) is 25.0. The van der Waals surface area contributed by atoms with E-state index in [0.29, 0.717) is 30.4 Å². The lowest BCUT2D eigenvalue weighted by Crippen LogP contribution is -2.30. The molecule has 0 aliphatic rings. The average Bonchev–Trinajstić information content (AvgIpc) is 3.28. The summed E-state index contributed by atoms with van der Waals surface area (Å²) >= 11 is 0. The van der Waals surface area contributed by atoms with Crippen LogP contribution in [0.3, 0.4) is 0 Å². The van der Waals surface area contributed by atoms with Gasteiger partial charge >= 0.3 is 0 Å². The van der Waals surface area contributed by atoms with Crippen LogP contribution in [0.1, 0.15) is 36.7 Å². The number of aromatic nitrogens is 4. The lowest BCUT2D eigenvalue weighted by molar-refractivity contribution is 0.0537. The van der Waals surface area contributed by atoms with Gasteiger partial charge in [-0.3, -0.25) is 14.3 Å². The van der Waals surface area contributed by atoms with E-state index in [9.17, 15) is 4.79 Å². The number of aryl methyl sites for hydroxylation is 1. The van der Waals surface area contributed by atoms with Crippen LogP contribution >= 0.6 is 0 Å². The maximum Gasteiger partial charge on any atom is 0.274 e. The van der Waals surface area contributed by atoms with Gasteiger partial charge in [-0.2, -0.15) is 15.1 Å². The molecule has 0 spiro atoms. The van der Waals surface area contributed by atoms with Crippen molar-refractivity contribution in [3.05, 3.63) is 53.9 Å². The minimum Gasteiger partial charge on any atom is -0.368 e. The molecule has 3 N–H and O–H groups in total. The zero-order valence-electron chi connectivity index (χ0n) is 20.7. The van der Waals surface area contributed by atoms with Crippen LogP contribution < -0.4 is 21.0 Å². The molecule has 0 aliphatic heterocycles. The minimum absolute atomic E-state index is 0.0978. The first-order valence-corrected chi connectivity index (χ1v) is 11.2. The fourth-order valence-corrected chi connectivity index (χ4v) is 3.47. The van der Waals surface area contributed by atoms with Gasteiger partial charge in [0.05, 0.1) is 13.7 Å². The summed E-state index contributed by atoms with van der Waals surface area (Å²) in [5, 5.41) is 10.9. The first-order valence-electron chi connectivity index (χ1n) is 11.2. The highest BCUT2D eigenvalue weighted by Gasteiger charge is 2.17. The van der Waals surface area contributed by atoms with Gasteiger partial charge in [0.1, 0.15) is 11.6 Å². The van der Waals surface area contributed by atoms with Gasteiger partial charge in [-0.15, -0.1) is 0 Å². The van der Waals surface area contributed by atoms with E-state index < -0.39 is 0 Å². The van der Waals surface area contributed by atoms with E-state index in [1.807, 2.05) is 43.0 Å². The third-order valence-electron chi connectivity index (χ3n) is 4.96. The third-order valence-corrected chi connectivity index (χ3v) is 4.96. The summed E-state index contributed by atoms with van der Waals surface area (Å²) in [5.41, 5.74) is 4.60. The second-order valence-electron chi connectivity index (χ2n) is 9.34. The molecule has 10 heteroatoms. The Morgan fingerprint density at radius 1 is 1.21 bits per heavy atom. The van der Waals surface area contributed by atoms with Crippen molar-refractivity contribution >= 4 is 29.2 Å². The number of benzene rings is 1. The van der Waals surface area contributed by atoms with Gasteiger partial charge in [-0.05, 0) is 36.1 Å². The molecule has 0 unspecified atom stereocenters. The quantitative estimate of drug-likeness (QED) is 0.389. The molecule has 2 heterocycles. The molecule has 3 aromatic rings. The molecular weight excluding hydrogens is 432 g/mol. The molecule has 0 aliphatic carbocycles. The Labute approximate surface area is 200 Å². The van der Waals surface area contributed by atoms with Crippen molar-refractivity contribution in [1.82, 2.24) is 25.2 Å². The van der Waals surface area contributed by atoms with E-state index in [-0.39, 0.29) is 11.3 Å². The molecule has 0 radical (unpaired) electrons. The van der Waals surface area contributed by atoms with Crippen LogP contribution in [0.5, 0.6) is 0 Å². The maximum absolute atomic E-state index is 12.2. The zero-order valence-corrected chi connectivity index (χ0v) is 20.7. The van der Waals surface area contributed by atoms with E-state index in [4.69, 9.17) is 9.82 Å². The number of nitrogens with one attached hydrogen (secondary N) is 3. The van der Waals surface area contributed by atoms with Gasteiger partial charge in [0.25, 0.3) is 5.91 Å². The van der Waals surface area contributed by atoms with Gasteiger partial charge in [-0.25, -0.2) is 5.48 Å². The molecule has 182 valence electrons. The number of hydrogen-bond donors (Lipinski definition) is 3. The second kappa shape index (κ2) is 11.0. The standard InChI is InChI=1S/C24H34N8O2/c1-17-8-9-18(22(33)30-34-6)14-19(17)27-23-28-20(25-11-13-32-12-7-10-26-32)15-21(29-23)31(5)16-24(2,3)4/h7-10,12,14-15H,11,13,16H2,1-6H3,(H,30,33)(H2,25,27,28,29). The number of hydrogen-bond acceptors (Lipinski definition) is 8. The largest absolute Gasteiger partial charge is 0.368 e. The summed E-state index contributed by atoms with van der Waals surface area (Å²) < 4.78 is 1.86. The second-order valence-corrected chi connectivity index (χ2v) is 9.34.